The fourth-order valence-corrected chi connectivity index (χ4v) is 4.08. The van der Waals surface area contributed by atoms with E-state index in [4.69, 9.17) is 4.84 Å². The summed E-state index contributed by atoms with van der Waals surface area (Å²) in [6.07, 6.45) is 3.66. The molecular formula is C21H29NO. The van der Waals surface area contributed by atoms with Crippen molar-refractivity contribution in [1.82, 2.24) is 5.06 Å². The van der Waals surface area contributed by atoms with Gasteiger partial charge in [-0.05, 0) is 70.2 Å². The zero-order valence-electron chi connectivity index (χ0n) is 15.1. The Balaban J connectivity index is 1.92. The molecule has 0 amide bonds. The van der Waals surface area contributed by atoms with Gasteiger partial charge in [-0.15, -0.1) is 0 Å². The topological polar surface area (TPSA) is 12.5 Å². The van der Waals surface area contributed by atoms with E-state index in [0.717, 1.165) is 0 Å². The maximum atomic E-state index is 6.55. The lowest BCUT2D eigenvalue weighted by Gasteiger charge is -2.52. The molecule has 0 bridgehead atoms. The second-order valence-corrected chi connectivity index (χ2v) is 8.09. The monoisotopic (exact) mass is 311 g/mol. The third kappa shape index (κ3) is 3.15. The Morgan fingerprint density at radius 2 is 1.52 bits per heavy atom. The van der Waals surface area contributed by atoms with Gasteiger partial charge in [0.2, 0.25) is 0 Å². The van der Waals surface area contributed by atoms with E-state index in [2.05, 4.69) is 82.1 Å². The average Bonchev–Trinajstić information content (AvgIpc) is 2.50. The van der Waals surface area contributed by atoms with Crippen molar-refractivity contribution in [2.24, 2.45) is 0 Å². The predicted octanol–water partition coefficient (Wildman–Crippen LogP) is 5.88. The predicted molar refractivity (Wildman–Crippen MR) is 97.3 cm³/mol. The van der Waals surface area contributed by atoms with Gasteiger partial charge in [0.25, 0.3) is 0 Å². The van der Waals surface area contributed by atoms with Crippen LogP contribution in [0.1, 0.15) is 65.5 Å². The van der Waals surface area contributed by atoms with Gasteiger partial charge in [0, 0.05) is 11.1 Å². The minimum absolute atomic E-state index is 0.0396. The molecule has 1 heterocycles. The molecule has 0 radical (unpaired) electrons. The third-order valence-electron chi connectivity index (χ3n) is 5.20. The normalized spacial score (nSPS) is 22.1. The maximum Gasteiger partial charge on any atom is 0.102 e. The van der Waals surface area contributed by atoms with Crippen LogP contribution in [0.4, 0.5) is 0 Å². The summed E-state index contributed by atoms with van der Waals surface area (Å²) >= 11 is 0. The first-order valence-electron chi connectivity index (χ1n) is 8.76. The van der Waals surface area contributed by atoms with Crippen LogP contribution in [0.25, 0.3) is 10.8 Å². The van der Waals surface area contributed by atoms with Crippen molar-refractivity contribution in [2.75, 3.05) is 0 Å². The summed E-state index contributed by atoms with van der Waals surface area (Å²) in [6.45, 7) is 11.4. The first-order chi connectivity index (χ1) is 10.8. The Kier molecular flexibility index (Phi) is 4.24. The quantitative estimate of drug-likeness (QED) is 0.702. The standard InChI is InChI=1S/C21H29NO/c1-16(18-13-8-11-17-10-6-7-12-19(17)18)23-22-20(2,3)14-9-15-21(22,4)5/h6-8,10-13,16H,9,14-15H2,1-5H3. The number of hydrogen-bond acceptors (Lipinski definition) is 2. The summed E-state index contributed by atoms with van der Waals surface area (Å²) in [4.78, 5) is 6.55. The highest BCUT2D eigenvalue weighted by atomic mass is 16.7. The van der Waals surface area contributed by atoms with Gasteiger partial charge in [-0.2, -0.15) is 5.06 Å². The minimum atomic E-state index is 0.0396. The van der Waals surface area contributed by atoms with Crippen LogP contribution < -0.4 is 0 Å². The second kappa shape index (κ2) is 5.92. The highest BCUT2D eigenvalue weighted by molar-refractivity contribution is 5.85. The molecule has 1 fully saturated rings. The SMILES string of the molecule is CC(ON1C(C)(C)CCCC1(C)C)c1cccc2ccccc12. The van der Waals surface area contributed by atoms with Crippen LogP contribution in [0.2, 0.25) is 0 Å². The summed E-state index contributed by atoms with van der Waals surface area (Å²) in [6, 6.07) is 15.0. The Hall–Kier alpha value is -1.38. The van der Waals surface area contributed by atoms with Gasteiger partial charge in [-0.3, -0.25) is 4.84 Å². The molecule has 0 aliphatic carbocycles. The first-order valence-corrected chi connectivity index (χ1v) is 8.76. The molecule has 0 N–H and O–H groups in total. The second-order valence-electron chi connectivity index (χ2n) is 8.09. The van der Waals surface area contributed by atoms with Gasteiger partial charge in [-0.1, -0.05) is 42.5 Å². The molecule has 2 aromatic rings. The van der Waals surface area contributed by atoms with E-state index in [-0.39, 0.29) is 17.2 Å². The van der Waals surface area contributed by atoms with Crippen LogP contribution in [-0.2, 0) is 4.84 Å². The van der Waals surface area contributed by atoms with Crippen molar-refractivity contribution < 1.29 is 4.84 Å². The smallest absolute Gasteiger partial charge is 0.102 e. The van der Waals surface area contributed by atoms with E-state index >= 15 is 0 Å². The Morgan fingerprint density at radius 1 is 0.913 bits per heavy atom. The lowest BCUT2D eigenvalue weighted by molar-refractivity contribution is -0.303. The summed E-state index contributed by atoms with van der Waals surface area (Å²) in [5.41, 5.74) is 1.40. The van der Waals surface area contributed by atoms with E-state index in [1.54, 1.807) is 0 Å². The summed E-state index contributed by atoms with van der Waals surface area (Å²) < 4.78 is 0. The van der Waals surface area contributed by atoms with E-state index in [1.807, 2.05) is 0 Å². The molecule has 0 saturated carbocycles. The molecule has 1 atom stereocenters. The van der Waals surface area contributed by atoms with Crippen molar-refractivity contribution in [1.29, 1.82) is 0 Å². The van der Waals surface area contributed by atoms with Gasteiger partial charge in [0.15, 0.2) is 0 Å². The van der Waals surface area contributed by atoms with E-state index < -0.39 is 0 Å². The van der Waals surface area contributed by atoms with Crippen LogP contribution in [0.15, 0.2) is 42.5 Å². The van der Waals surface area contributed by atoms with Crippen LogP contribution in [-0.4, -0.2) is 16.1 Å². The summed E-state index contributed by atoms with van der Waals surface area (Å²) in [5.74, 6) is 0. The number of rotatable bonds is 3. The molecule has 2 heteroatoms. The van der Waals surface area contributed by atoms with Crippen molar-refractivity contribution in [2.45, 2.75) is 71.1 Å². The van der Waals surface area contributed by atoms with Crippen molar-refractivity contribution in [3.8, 4) is 0 Å². The van der Waals surface area contributed by atoms with Crippen molar-refractivity contribution >= 4 is 10.8 Å². The number of piperidine rings is 1. The molecule has 1 saturated heterocycles. The van der Waals surface area contributed by atoms with E-state index in [9.17, 15) is 0 Å². The van der Waals surface area contributed by atoms with Crippen LogP contribution >= 0.6 is 0 Å². The highest BCUT2D eigenvalue weighted by Gasteiger charge is 2.43. The van der Waals surface area contributed by atoms with Crippen LogP contribution in [0.5, 0.6) is 0 Å². The van der Waals surface area contributed by atoms with Crippen molar-refractivity contribution in [3.05, 3.63) is 48.0 Å². The zero-order chi connectivity index (χ0) is 16.7. The molecule has 0 spiro atoms. The van der Waals surface area contributed by atoms with Gasteiger partial charge in [0.05, 0.1) is 0 Å². The number of benzene rings is 2. The highest BCUT2D eigenvalue weighted by Crippen LogP contribution is 2.41. The molecule has 1 aliphatic heterocycles. The zero-order valence-corrected chi connectivity index (χ0v) is 15.1. The summed E-state index contributed by atoms with van der Waals surface area (Å²) in [5, 5.41) is 4.82. The lowest BCUT2D eigenvalue weighted by Crippen LogP contribution is -2.58. The van der Waals surface area contributed by atoms with Crippen molar-refractivity contribution in [3.63, 3.8) is 0 Å². The molecule has 1 aliphatic rings. The van der Waals surface area contributed by atoms with Gasteiger partial charge >= 0.3 is 0 Å². The molecule has 2 aromatic carbocycles. The first kappa shape index (κ1) is 16.5. The largest absolute Gasteiger partial charge is 0.290 e. The maximum absolute atomic E-state index is 6.55. The van der Waals surface area contributed by atoms with Gasteiger partial charge < -0.3 is 0 Å². The molecule has 23 heavy (non-hydrogen) atoms. The molecule has 0 aromatic heterocycles. The Labute approximate surface area is 140 Å². The average molecular weight is 311 g/mol. The number of fused-ring (bicyclic) bond motifs is 1. The number of nitrogens with zero attached hydrogens (tertiary/aromatic N) is 1. The van der Waals surface area contributed by atoms with Crippen LogP contribution in [0, 0.1) is 0 Å². The lowest BCUT2D eigenvalue weighted by atomic mass is 9.82. The number of hydrogen-bond donors (Lipinski definition) is 0. The fraction of sp³-hybridized carbons (Fsp3) is 0.524. The molecule has 2 nitrogen and oxygen atoms in total. The Morgan fingerprint density at radius 3 is 2.22 bits per heavy atom. The third-order valence-corrected chi connectivity index (χ3v) is 5.20. The van der Waals surface area contributed by atoms with Gasteiger partial charge in [-0.25, -0.2) is 0 Å². The van der Waals surface area contributed by atoms with E-state index in [1.165, 1.54) is 35.6 Å². The summed E-state index contributed by atoms with van der Waals surface area (Å²) in [7, 11) is 0. The Bertz CT molecular complexity index is 668. The van der Waals surface area contributed by atoms with Crippen LogP contribution in [0.3, 0.4) is 0 Å². The number of hydroxylamine groups is 2. The molecule has 3 rings (SSSR count). The fourth-order valence-electron chi connectivity index (χ4n) is 4.08. The molecular weight excluding hydrogens is 282 g/mol. The minimum Gasteiger partial charge on any atom is -0.290 e. The molecule has 124 valence electrons. The van der Waals surface area contributed by atoms with E-state index in [0.29, 0.717) is 0 Å². The molecule has 1 unspecified atom stereocenters. The van der Waals surface area contributed by atoms with Gasteiger partial charge in [0.1, 0.15) is 6.10 Å².